The number of nitrogens with one attached hydrogen (secondary N) is 2. The predicted molar refractivity (Wildman–Crippen MR) is 94.6 cm³/mol. The predicted octanol–water partition coefficient (Wildman–Crippen LogP) is 3.12. The highest BCUT2D eigenvalue weighted by molar-refractivity contribution is 14.0. The molecule has 0 heterocycles. The van der Waals surface area contributed by atoms with Gasteiger partial charge in [0.25, 0.3) is 0 Å². The Hall–Kier alpha value is -0.780. The zero-order valence-electron chi connectivity index (χ0n) is 12.2. The first-order valence-corrected chi connectivity index (χ1v) is 6.84. The molecule has 4 heteroatoms. The Morgan fingerprint density at radius 3 is 2.63 bits per heavy atom. The average Bonchev–Trinajstić information content (AvgIpc) is 2.36. The third-order valence-corrected chi connectivity index (χ3v) is 2.63. The summed E-state index contributed by atoms with van der Waals surface area (Å²) in [6.45, 7) is 9.05. The fraction of sp³-hybridized carbons (Fsp3) is 0.533. The van der Waals surface area contributed by atoms with Crippen molar-refractivity contribution in [1.29, 1.82) is 0 Å². The number of aryl methyl sites for hydroxylation is 1. The second-order valence-corrected chi connectivity index (χ2v) is 4.43. The van der Waals surface area contributed by atoms with Crippen molar-refractivity contribution >= 4 is 29.9 Å². The normalized spacial score (nSPS) is 10.8. The van der Waals surface area contributed by atoms with E-state index in [1.807, 2.05) is 0 Å². The quantitative estimate of drug-likeness (QED) is 0.455. The lowest BCUT2D eigenvalue weighted by atomic mass is 10.1. The molecule has 0 aromatic heterocycles. The molecular weight excluding hydrogens is 349 g/mol. The summed E-state index contributed by atoms with van der Waals surface area (Å²) < 4.78 is 0. The lowest BCUT2D eigenvalue weighted by Gasteiger charge is -2.11. The van der Waals surface area contributed by atoms with Crippen LogP contribution in [0.15, 0.2) is 29.3 Å². The second-order valence-electron chi connectivity index (χ2n) is 4.43. The van der Waals surface area contributed by atoms with Gasteiger partial charge in [-0.15, -0.1) is 24.0 Å². The van der Waals surface area contributed by atoms with Crippen molar-refractivity contribution in [3.63, 3.8) is 0 Å². The summed E-state index contributed by atoms with van der Waals surface area (Å²) >= 11 is 0. The van der Waals surface area contributed by atoms with Crippen molar-refractivity contribution in [2.24, 2.45) is 4.99 Å². The van der Waals surface area contributed by atoms with Crippen molar-refractivity contribution in [1.82, 2.24) is 10.6 Å². The van der Waals surface area contributed by atoms with Crippen LogP contribution in [0.2, 0.25) is 0 Å². The Morgan fingerprint density at radius 2 is 2.00 bits per heavy atom. The highest BCUT2D eigenvalue weighted by Gasteiger charge is 1.97. The van der Waals surface area contributed by atoms with Crippen molar-refractivity contribution in [2.45, 2.75) is 33.6 Å². The molecule has 0 spiro atoms. The molecule has 0 radical (unpaired) electrons. The summed E-state index contributed by atoms with van der Waals surface area (Å²) in [4.78, 5) is 4.48. The van der Waals surface area contributed by atoms with Crippen LogP contribution in [-0.2, 0) is 6.42 Å². The minimum Gasteiger partial charge on any atom is -0.357 e. The molecule has 2 N–H and O–H groups in total. The topological polar surface area (TPSA) is 36.4 Å². The van der Waals surface area contributed by atoms with E-state index in [-0.39, 0.29) is 24.0 Å². The standard InChI is InChI=1S/C15H25N3.HI/c1-4-10-17-15(16-5-2)18-11-9-14-8-6-7-13(3)12-14;/h6-8,12H,4-5,9-11H2,1-3H3,(H2,16,17,18);1H. The number of benzene rings is 1. The monoisotopic (exact) mass is 375 g/mol. The van der Waals surface area contributed by atoms with Gasteiger partial charge in [0.15, 0.2) is 5.96 Å². The van der Waals surface area contributed by atoms with Crippen molar-refractivity contribution in [3.8, 4) is 0 Å². The Balaban J connectivity index is 0.00000324. The van der Waals surface area contributed by atoms with Gasteiger partial charge in [-0.2, -0.15) is 0 Å². The van der Waals surface area contributed by atoms with Gasteiger partial charge in [-0.25, -0.2) is 0 Å². The number of hydrogen-bond acceptors (Lipinski definition) is 1. The van der Waals surface area contributed by atoms with Gasteiger partial charge in [0.1, 0.15) is 0 Å². The molecule has 0 amide bonds. The van der Waals surface area contributed by atoms with Crippen LogP contribution in [0.5, 0.6) is 0 Å². The lowest BCUT2D eigenvalue weighted by Crippen LogP contribution is -2.38. The molecule has 19 heavy (non-hydrogen) atoms. The van der Waals surface area contributed by atoms with E-state index in [0.29, 0.717) is 0 Å². The molecule has 0 aliphatic heterocycles. The highest BCUT2D eigenvalue weighted by atomic mass is 127. The number of halogens is 1. The summed E-state index contributed by atoms with van der Waals surface area (Å²) in [7, 11) is 0. The Morgan fingerprint density at radius 1 is 1.21 bits per heavy atom. The van der Waals surface area contributed by atoms with Crippen LogP contribution in [0.25, 0.3) is 0 Å². The minimum atomic E-state index is 0. The number of guanidine groups is 1. The van der Waals surface area contributed by atoms with Gasteiger partial charge >= 0.3 is 0 Å². The molecule has 1 aromatic rings. The van der Waals surface area contributed by atoms with E-state index in [2.05, 4.69) is 60.7 Å². The number of nitrogens with zero attached hydrogens (tertiary/aromatic N) is 1. The molecule has 108 valence electrons. The van der Waals surface area contributed by atoms with Crippen molar-refractivity contribution < 1.29 is 0 Å². The SMILES string of the molecule is CCCN=C(NCC)NCCc1cccc(C)c1.I. The Kier molecular flexibility index (Phi) is 10.6. The molecule has 0 fully saturated rings. The van der Waals surface area contributed by atoms with Crippen molar-refractivity contribution in [3.05, 3.63) is 35.4 Å². The van der Waals surface area contributed by atoms with Crippen LogP contribution in [0.4, 0.5) is 0 Å². The lowest BCUT2D eigenvalue weighted by molar-refractivity contribution is 0.793. The van der Waals surface area contributed by atoms with E-state index in [9.17, 15) is 0 Å². The molecule has 0 saturated heterocycles. The molecule has 0 unspecified atom stereocenters. The van der Waals surface area contributed by atoms with Crippen molar-refractivity contribution in [2.75, 3.05) is 19.6 Å². The molecule has 0 saturated carbocycles. The van der Waals surface area contributed by atoms with Crippen LogP contribution in [0, 0.1) is 6.92 Å². The van der Waals surface area contributed by atoms with E-state index in [1.54, 1.807) is 0 Å². The number of rotatable bonds is 6. The average molecular weight is 375 g/mol. The minimum absolute atomic E-state index is 0. The molecular formula is C15H26IN3. The summed E-state index contributed by atoms with van der Waals surface area (Å²) in [6, 6.07) is 8.65. The molecule has 0 aliphatic carbocycles. The van der Waals surface area contributed by atoms with Gasteiger partial charge < -0.3 is 10.6 Å². The van der Waals surface area contributed by atoms with Gasteiger partial charge in [0.2, 0.25) is 0 Å². The van der Waals surface area contributed by atoms with Crippen LogP contribution in [-0.4, -0.2) is 25.6 Å². The zero-order valence-corrected chi connectivity index (χ0v) is 14.5. The third kappa shape index (κ3) is 8.08. The number of hydrogen-bond donors (Lipinski definition) is 2. The summed E-state index contributed by atoms with van der Waals surface area (Å²) in [6.07, 6.45) is 2.10. The summed E-state index contributed by atoms with van der Waals surface area (Å²) in [5.41, 5.74) is 2.69. The summed E-state index contributed by atoms with van der Waals surface area (Å²) in [5, 5.41) is 6.62. The van der Waals surface area contributed by atoms with Crippen LogP contribution in [0.1, 0.15) is 31.4 Å². The zero-order chi connectivity index (χ0) is 13.2. The molecule has 1 rings (SSSR count). The van der Waals surface area contributed by atoms with E-state index in [1.165, 1.54) is 11.1 Å². The van der Waals surface area contributed by atoms with Crippen LogP contribution in [0.3, 0.4) is 0 Å². The summed E-state index contributed by atoms with van der Waals surface area (Å²) in [5.74, 6) is 0.923. The molecule has 0 bridgehead atoms. The largest absolute Gasteiger partial charge is 0.357 e. The molecule has 0 aliphatic rings. The fourth-order valence-corrected chi connectivity index (χ4v) is 1.76. The van der Waals surface area contributed by atoms with E-state index in [0.717, 1.165) is 38.4 Å². The van der Waals surface area contributed by atoms with E-state index < -0.39 is 0 Å². The maximum absolute atomic E-state index is 4.48. The van der Waals surface area contributed by atoms with Gasteiger partial charge in [0, 0.05) is 19.6 Å². The molecule has 3 nitrogen and oxygen atoms in total. The Bertz CT molecular complexity index is 377. The smallest absolute Gasteiger partial charge is 0.191 e. The second kappa shape index (κ2) is 11.1. The van der Waals surface area contributed by atoms with E-state index in [4.69, 9.17) is 0 Å². The van der Waals surface area contributed by atoms with Crippen LogP contribution < -0.4 is 10.6 Å². The first kappa shape index (κ1) is 18.2. The first-order valence-electron chi connectivity index (χ1n) is 6.84. The van der Waals surface area contributed by atoms with Gasteiger partial charge in [-0.1, -0.05) is 36.8 Å². The highest BCUT2D eigenvalue weighted by Crippen LogP contribution is 2.03. The molecule has 1 aromatic carbocycles. The Labute approximate surface area is 134 Å². The molecule has 0 atom stereocenters. The fourth-order valence-electron chi connectivity index (χ4n) is 1.76. The maximum Gasteiger partial charge on any atom is 0.191 e. The van der Waals surface area contributed by atoms with Gasteiger partial charge in [0.05, 0.1) is 0 Å². The van der Waals surface area contributed by atoms with Gasteiger partial charge in [-0.05, 0) is 32.3 Å². The number of aliphatic imine (C=N–C) groups is 1. The van der Waals surface area contributed by atoms with E-state index >= 15 is 0 Å². The first-order chi connectivity index (χ1) is 8.76. The third-order valence-electron chi connectivity index (χ3n) is 2.63. The maximum atomic E-state index is 4.48. The van der Waals surface area contributed by atoms with Crippen LogP contribution >= 0.6 is 24.0 Å². The van der Waals surface area contributed by atoms with Gasteiger partial charge in [-0.3, -0.25) is 4.99 Å².